The predicted octanol–water partition coefficient (Wildman–Crippen LogP) is 1.96. The number of anilines is 1. The van der Waals surface area contributed by atoms with Gasteiger partial charge in [0.2, 0.25) is 15.9 Å². The summed E-state index contributed by atoms with van der Waals surface area (Å²) >= 11 is 0. The Morgan fingerprint density at radius 1 is 1.07 bits per heavy atom. The van der Waals surface area contributed by atoms with Crippen LogP contribution in [0.2, 0.25) is 0 Å². The minimum absolute atomic E-state index is 0.0424. The van der Waals surface area contributed by atoms with Gasteiger partial charge >= 0.3 is 0 Å². The molecule has 2 aromatic rings. The molecule has 0 spiro atoms. The summed E-state index contributed by atoms with van der Waals surface area (Å²) in [5, 5.41) is 7.79. The Morgan fingerprint density at radius 3 is 2.32 bits per heavy atom. The molecule has 1 aliphatic rings. The number of rotatable bonds is 4. The number of benzene rings is 2. The SMILES string of the molecule is NS(=O)(=O)c1ccc(NC(=O)[C@H]2CCCN(C(=O)c3ccc(F)cc3)C2)cc1. The first-order chi connectivity index (χ1) is 13.2. The molecule has 0 radical (unpaired) electrons. The van der Waals surface area contributed by atoms with Gasteiger partial charge in [0.25, 0.3) is 5.91 Å². The molecule has 0 unspecified atom stereocenters. The predicted molar refractivity (Wildman–Crippen MR) is 101 cm³/mol. The van der Waals surface area contributed by atoms with Crippen molar-refractivity contribution < 1.29 is 22.4 Å². The molecule has 1 heterocycles. The summed E-state index contributed by atoms with van der Waals surface area (Å²) < 4.78 is 35.6. The van der Waals surface area contributed by atoms with Crippen molar-refractivity contribution in [2.45, 2.75) is 17.7 Å². The summed E-state index contributed by atoms with van der Waals surface area (Å²) in [5.41, 5.74) is 0.820. The van der Waals surface area contributed by atoms with Gasteiger partial charge in [-0.1, -0.05) is 0 Å². The third-order valence-corrected chi connectivity index (χ3v) is 5.55. The van der Waals surface area contributed by atoms with E-state index in [0.717, 1.165) is 0 Å². The lowest BCUT2D eigenvalue weighted by Gasteiger charge is -2.32. The monoisotopic (exact) mass is 405 g/mol. The van der Waals surface area contributed by atoms with Crippen molar-refractivity contribution in [3.63, 3.8) is 0 Å². The van der Waals surface area contributed by atoms with Gasteiger partial charge in [0.1, 0.15) is 5.82 Å². The number of nitrogens with two attached hydrogens (primary N) is 1. The lowest BCUT2D eigenvalue weighted by Crippen LogP contribution is -2.43. The zero-order chi connectivity index (χ0) is 20.3. The molecule has 0 aromatic heterocycles. The van der Waals surface area contributed by atoms with Gasteiger partial charge in [0.05, 0.1) is 10.8 Å². The van der Waals surface area contributed by atoms with Gasteiger partial charge in [0.15, 0.2) is 0 Å². The molecule has 148 valence electrons. The Bertz CT molecular complexity index is 975. The standard InChI is InChI=1S/C19H20FN3O4S/c20-15-5-3-13(4-6-15)19(25)23-11-1-2-14(12-23)18(24)22-16-7-9-17(10-8-16)28(21,26)27/h3-10,14H,1-2,11-12H2,(H,22,24)(H2,21,26,27)/t14-/m0/s1. The zero-order valence-electron chi connectivity index (χ0n) is 15.0. The van der Waals surface area contributed by atoms with Crippen LogP contribution in [0.25, 0.3) is 0 Å². The number of hydrogen-bond donors (Lipinski definition) is 2. The van der Waals surface area contributed by atoms with E-state index in [4.69, 9.17) is 5.14 Å². The molecule has 0 bridgehead atoms. The Hall–Kier alpha value is -2.78. The quantitative estimate of drug-likeness (QED) is 0.810. The molecule has 1 aliphatic heterocycles. The molecule has 1 atom stereocenters. The summed E-state index contributed by atoms with van der Waals surface area (Å²) in [7, 11) is -3.79. The van der Waals surface area contributed by atoms with E-state index in [1.807, 2.05) is 0 Å². The largest absolute Gasteiger partial charge is 0.338 e. The fraction of sp³-hybridized carbons (Fsp3) is 0.263. The van der Waals surface area contributed by atoms with Crippen molar-refractivity contribution in [3.05, 3.63) is 59.9 Å². The first-order valence-corrected chi connectivity index (χ1v) is 10.3. The Balaban J connectivity index is 1.64. The molecular formula is C19H20FN3O4S. The lowest BCUT2D eigenvalue weighted by molar-refractivity contribution is -0.121. The van der Waals surface area contributed by atoms with Crippen molar-refractivity contribution in [1.29, 1.82) is 0 Å². The number of likely N-dealkylation sites (tertiary alicyclic amines) is 1. The number of amides is 2. The van der Waals surface area contributed by atoms with Crippen LogP contribution in [0, 0.1) is 11.7 Å². The van der Waals surface area contributed by atoms with Gasteiger partial charge in [-0.05, 0) is 61.4 Å². The van der Waals surface area contributed by atoms with Crippen molar-refractivity contribution in [2.24, 2.45) is 11.1 Å². The minimum Gasteiger partial charge on any atom is -0.338 e. The third-order valence-electron chi connectivity index (χ3n) is 4.62. The van der Waals surface area contributed by atoms with Crippen molar-refractivity contribution in [3.8, 4) is 0 Å². The number of carbonyl (C=O) groups is 2. The highest BCUT2D eigenvalue weighted by Gasteiger charge is 2.29. The lowest BCUT2D eigenvalue weighted by atomic mass is 9.96. The van der Waals surface area contributed by atoms with Gasteiger partial charge < -0.3 is 10.2 Å². The number of piperidine rings is 1. The maximum Gasteiger partial charge on any atom is 0.253 e. The Kier molecular flexibility index (Phi) is 5.76. The summed E-state index contributed by atoms with van der Waals surface area (Å²) in [6.07, 6.45) is 1.31. The topological polar surface area (TPSA) is 110 Å². The van der Waals surface area contributed by atoms with Crippen LogP contribution in [-0.4, -0.2) is 38.2 Å². The van der Waals surface area contributed by atoms with Gasteiger partial charge in [0, 0.05) is 24.3 Å². The molecule has 3 N–H and O–H groups in total. The molecule has 1 fully saturated rings. The number of halogens is 1. The molecule has 1 saturated heterocycles. The first kappa shape index (κ1) is 20.0. The summed E-state index contributed by atoms with van der Waals surface area (Å²) in [6.45, 7) is 0.792. The highest BCUT2D eigenvalue weighted by Crippen LogP contribution is 2.21. The van der Waals surface area contributed by atoms with Gasteiger partial charge in [-0.15, -0.1) is 0 Å². The number of nitrogens with zero attached hydrogens (tertiary/aromatic N) is 1. The smallest absolute Gasteiger partial charge is 0.253 e. The normalized spacial score (nSPS) is 17.2. The molecule has 7 nitrogen and oxygen atoms in total. The highest BCUT2D eigenvalue weighted by atomic mass is 32.2. The average Bonchev–Trinajstić information content (AvgIpc) is 2.68. The molecule has 2 amide bonds. The van der Waals surface area contributed by atoms with Crippen LogP contribution in [-0.2, 0) is 14.8 Å². The Morgan fingerprint density at radius 2 is 1.71 bits per heavy atom. The molecule has 0 aliphatic carbocycles. The van der Waals surface area contributed by atoms with E-state index >= 15 is 0 Å². The van der Waals surface area contributed by atoms with Crippen LogP contribution in [0.3, 0.4) is 0 Å². The van der Waals surface area contributed by atoms with Gasteiger partial charge in [-0.25, -0.2) is 17.9 Å². The van der Waals surface area contributed by atoms with Crippen LogP contribution >= 0.6 is 0 Å². The molecule has 28 heavy (non-hydrogen) atoms. The maximum atomic E-state index is 13.0. The fourth-order valence-electron chi connectivity index (χ4n) is 3.12. The summed E-state index contributed by atoms with van der Waals surface area (Å²) in [5.74, 6) is -1.30. The van der Waals surface area contributed by atoms with E-state index in [-0.39, 0.29) is 23.3 Å². The van der Waals surface area contributed by atoms with Gasteiger partial charge in [-0.2, -0.15) is 0 Å². The summed E-state index contributed by atoms with van der Waals surface area (Å²) in [4.78, 5) is 26.7. The second-order valence-corrected chi connectivity index (χ2v) is 8.22. The number of carbonyl (C=O) groups excluding carboxylic acids is 2. The Labute approximate surface area is 162 Å². The molecule has 0 saturated carbocycles. The van der Waals surface area contributed by atoms with Crippen molar-refractivity contribution in [1.82, 2.24) is 4.90 Å². The van der Waals surface area contributed by atoms with Crippen LogP contribution in [0.15, 0.2) is 53.4 Å². The van der Waals surface area contributed by atoms with Crippen LogP contribution < -0.4 is 10.5 Å². The second kappa shape index (κ2) is 8.07. The number of primary sulfonamides is 1. The molecular weight excluding hydrogens is 385 g/mol. The second-order valence-electron chi connectivity index (χ2n) is 6.66. The van der Waals surface area contributed by atoms with Crippen molar-refractivity contribution >= 4 is 27.5 Å². The number of hydrogen-bond acceptors (Lipinski definition) is 4. The van der Waals surface area contributed by atoms with Crippen LogP contribution in [0.5, 0.6) is 0 Å². The minimum atomic E-state index is -3.79. The molecule has 3 rings (SSSR count). The average molecular weight is 405 g/mol. The van der Waals surface area contributed by atoms with Crippen molar-refractivity contribution in [2.75, 3.05) is 18.4 Å². The first-order valence-electron chi connectivity index (χ1n) is 8.72. The van der Waals surface area contributed by atoms with E-state index in [0.29, 0.717) is 30.6 Å². The molecule has 9 heteroatoms. The van der Waals surface area contributed by atoms with Gasteiger partial charge in [-0.3, -0.25) is 9.59 Å². The van der Waals surface area contributed by atoms with Crippen LogP contribution in [0.4, 0.5) is 10.1 Å². The number of nitrogens with one attached hydrogen (secondary N) is 1. The van der Waals surface area contributed by atoms with E-state index in [1.165, 1.54) is 48.5 Å². The van der Waals surface area contributed by atoms with Crippen LogP contribution in [0.1, 0.15) is 23.2 Å². The fourth-order valence-corrected chi connectivity index (χ4v) is 3.64. The maximum absolute atomic E-state index is 13.0. The molecule has 2 aromatic carbocycles. The van der Waals surface area contributed by atoms with E-state index in [9.17, 15) is 22.4 Å². The van der Waals surface area contributed by atoms with E-state index in [1.54, 1.807) is 4.90 Å². The third kappa shape index (κ3) is 4.73. The highest BCUT2D eigenvalue weighted by molar-refractivity contribution is 7.89. The number of sulfonamides is 1. The van der Waals surface area contributed by atoms with E-state index in [2.05, 4.69) is 5.32 Å². The summed E-state index contributed by atoms with van der Waals surface area (Å²) in [6, 6.07) is 10.9. The van der Waals surface area contributed by atoms with E-state index < -0.39 is 21.8 Å². The zero-order valence-corrected chi connectivity index (χ0v) is 15.8.